The van der Waals surface area contributed by atoms with Gasteiger partial charge in [-0.1, -0.05) is 18.2 Å². The molecule has 0 fully saturated rings. The van der Waals surface area contributed by atoms with Crippen LogP contribution < -0.4 is 5.32 Å². The molecule has 0 atom stereocenters. The maximum atomic E-state index is 11.8. The lowest BCUT2D eigenvalue weighted by Gasteiger charge is -2.05. The second kappa shape index (κ2) is 6.54. The van der Waals surface area contributed by atoms with Crippen LogP contribution in [0.25, 0.3) is 10.1 Å². The molecule has 5 heteroatoms. The minimum absolute atomic E-state index is 0.0863. The Hall–Kier alpha value is -2.14. The molecule has 0 aliphatic rings. The monoisotopic (exact) mass is 299 g/mol. The molecule has 1 amide bonds. The molecular weight excluding hydrogens is 282 g/mol. The molecule has 0 unspecified atom stereocenters. The lowest BCUT2D eigenvalue weighted by molar-refractivity contribution is -0.121. The Morgan fingerprint density at radius 1 is 1.33 bits per heavy atom. The highest BCUT2D eigenvalue weighted by Crippen LogP contribution is 2.25. The van der Waals surface area contributed by atoms with Gasteiger partial charge in [0, 0.05) is 36.6 Å². The van der Waals surface area contributed by atoms with E-state index in [-0.39, 0.29) is 5.91 Å². The first-order chi connectivity index (χ1) is 10.3. The van der Waals surface area contributed by atoms with Crippen molar-refractivity contribution >= 4 is 27.3 Å². The van der Waals surface area contributed by atoms with Crippen molar-refractivity contribution in [1.82, 2.24) is 14.9 Å². The molecule has 0 saturated carbocycles. The number of benzene rings is 1. The van der Waals surface area contributed by atoms with E-state index in [1.54, 1.807) is 23.9 Å². The van der Waals surface area contributed by atoms with Crippen molar-refractivity contribution in [3.05, 3.63) is 53.9 Å². The number of aromatic nitrogens is 2. The van der Waals surface area contributed by atoms with Gasteiger partial charge in [-0.05, 0) is 28.8 Å². The SMILES string of the molecule is O=C(CCn1ccnc1)NCCc1csc2ccccc12. The maximum absolute atomic E-state index is 11.8. The number of carbonyl (C=O) groups is 1. The number of hydrogen-bond donors (Lipinski definition) is 1. The third-order valence-electron chi connectivity index (χ3n) is 3.43. The predicted octanol–water partition coefficient (Wildman–Crippen LogP) is 2.85. The lowest BCUT2D eigenvalue weighted by Crippen LogP contribution is -2.26. The summed E-state index contributed by atoms with van der Waals surface area (Å²) in [6.45, 7) is 1.36. The summed E-state index contributed by atoms with van der Waals surface area (Å²) in [5, 5.41) is 6.46. The zero-order chi connectivity index (χ0) is 14.5. The van der Waals surface area contributed by atoms with Gasteiger partial charge in [0.1, 0.15) is 0 Å². The first-order valence-electron chi connectivity index (χ1n) is 7.00. The fourth-order valence-corrected chi connectivity index (χ4v) is 3.30. The average molecular weight is 299 g/mol. The Labute approximate surface area is 127 Å². The Balaban J connectivity index is 1.46. The summed E-state index contributed by atoms with van der Waals surface area (Å²) in [5.41, 5.74) is 1.31. The van der Waals surface area contributed by atoms with E-state index in [0.717, 1.165) is 6.42 Å². The van der Waals surface area contributed by atoms with E-state index in [4.69, 9.17) is 0 Å². The van der Waals surface area contributed by atoms with E-state index in [0.29, 0.717) is 19.5 Å². The van der Waals surface area contributed by atoms with E-state index in [1.807, 2.05) is 10.8 Å². The molecule has 0 aliphatic heterocycles. The summed E-state index contributed by atoms with van der Waals surface area (Å²) < 4.78 is 3.21. The quantitative estimate of drug-likeness (QED) is 0.761. The fraction of sp³-hybridized carbons (Fsp3) is 0.250. The fourth-order valence-electron chi connectivity index (χ4n) is 2.30. The second-order valence-corrected chi connectivity index (χ2v) is 5.82. The molecule has 2 aromatic heterocycles. The summed E-state index contributed by atoms with van der Waals surface area (Å²) in [6.07, 6.45) is 6.68. The normalized spacial score (nSPS) is 10.9. The maximum Gasteiger partial charge on any atom is 0.221 e. The smallest absolute Gasteiger partial charge is 0.221 e. The summed E-state index contributed by atoms with van der Waals surface area (Å²) in [6, 6.07) is 8.39. The minimum Gasteiger partial charge on any atom is -0.356 e. The van der Waals surface area contributed by atoms with Gasteiger partial charge in [0.15, 0.2) is 0 Å². The molecule has 3 aromatic rings. The lowest BCUT2D eigenvalue weighted by atomic mass is 10.1. The van der Waals surface area contributed by atoms with Crippen LogP contribution in [-0.4, -0.2) is 22.0 Å². The second-order valence-electron chi connectivity index (χ2n) is 4.91. The number of carbonyl (C=O) groups excluding carboxylic acids is 1. The molecule has 1 N–H and O–H groups in total. The Kier molecular flexibility index (Phi) is 4.31. The van der Waals surface area contributed by atoms with Crippen LogP contribution >= 0.6 is 11.3 Å². The van der Waals surface area contributed by atoms with Crippen LogP contribution in [0.2, 0.25) is 0 Å². The van der Waals surface area contributed by atoms with Gasteiger partial charge in [0.2, 0.25) is 5.91 Å². The van der Waals surface area contributed by atoms with Crippen LogP contribution in [0.5, 0.6) is 0 Å². The molecule has 3 rings (SSSR count). The number of aryl methyl sites for hydroxylation is 1. The van der Waals surface area contributed by atoms with Gasteiger partial charge < -0.3 is 9.88 Å². The van der Waals surface area contributed by atoms with Crippen molar-refractivity contribution in [2.24, 2.45) is 0 Å². The number of hydrogen-bond acceptors (Lipinski definition) is 3. The van der Waals surface area contributed by atoms with E-state index in [9.17, 15) is 4.79 Å². The molecule has 0 bridgehead atoms. The van der Waals surface area contributed by atoms with Gasteiger partial charge in [-0.15, -0.1) is 11.3 Å². The molecular formula is C16H17N3OS. The van der Waals surface area contributed by atoms with Gasteiger partial charge in [0.25, 0.3) is 0 Å². The molecule has 0 aliphatic carbocycles. The summed E-state index contributed by atoms with van der Waals surface area (Å²) in [7, 11) is 0. The van der Waals surface area contributed by atoms with Gasteiger partial charge in [0.05, 0.1) is 6.33 Å². The minimum atomic E-state index is 0.0863. The van der Waals surface area contributed by atoms with Crippen LogP contribution in [0.4, 0.5) is 0 Å². The number of fused-ring (bicyclic) bond motifs is 1. The van der Waals surface area contributed by atoms with Crippen molar-refractivity contribution in [1.29, 1.82) is 0 Å². The molecule has 1 aromatic carbocycles. The van der Waals surface area contributed by atoms with Crippen LogP contribution in [0.1, 0.15) is 12.0 Å². The highest BCUT2D eigenvalue weighted by Gasteiger charge is 2.05. The van der Waals surface area contributed by atoms with Crippen LogP contribution in [0.3, 0.4) is 0 Å². The first kappa shape index (κ1) is 13.8. The summed E-state index contributed by atoms with van der Waals surface area (Å²) in [4.78, 5) is 15.7. The van der Waals surface area contributed by atoms with Crippen LogP contribution in [0.15, 0.2) is 48.4 Å². The van der Waals surface area contributed by atoms with Gasteiger partial charge in [-0.3, -0.25) is 4.79 Å². The third kappa shape index (κ3) is 3.49. The topological polar surface area (TPSA) is 46.9 Å². The van der Waals surface area contributed by atoms with Crippen molar-refractivity contribution in [2.45, 2.75) is 19.4 Å². The molecule has 0 saturated heterocycles. The third-order valence-corrected chi connectivity index (χ3v) is 4.45. The van der Waals surface area contributed by atoms with Crippen molar-refractivity contribution in [2.75, 3.05) is 6.54 Å². The number of thiophene rings is 1. The average Bonchev–Trinajstić information content (AvgIpc) is 3.15. The zero-order valence-corrected chi connectivity index (χ0v) is 12.5. The van der Waals surface area contributed by atoms with Crippen LogP contribution in [0, 0.1) is 0 Å². The largest absolute Gasteiger partial charge is 0.356 e. The Morgan fingerprint density at radius 3 is 3.10 bits per heavy atom. The Bertz CT molecular complexity index is 718. The van der Waals surface area contributed by atoms with Gasteiger partial charge in [-0.25, -0.2) is 4.98 Å². The molecule has 21 heavy (non-hydrogen) atoms. The molecule has 4 nitrogen and oxygen atoms in total. The molecule has 2 heterocycles. The van der Waals surface area contributed by atoms with E-state index < -0.39 is 0 Å². The number of nitrogens with one attached hydrogen (secondary N) is 1. The van der Waals surface area contributed by atoms with E-state index in [2.05, 4.69) is 39.9 Å². The summed E-state index contributed by atoms with van der Waals surface area (Å²) in [5.74, 6) is 0.0863. The van der Waals surface area contributed by atoms with E-state index >= 15 is 0 Å². The van der Waals surface area contributed by atoms with Crippen LogP contribution in [-0.2, 0) is 17.8 Å². The highest BCUT2D eigenvalue weighted by atomic mass is 32.1. The number of imidazole rings is 1. The first-order valence-corrected chi connectivity index (χ1v) is 7.88. The predicted molar refractivity (Wildman–Crippen MR) is 85.4 cm³/mol. The highest BCUT2D eigenvalue weighted by molar-refractivity contribution is 7.17. The summed E-state index contributed by atoms with van der Waals surface area (Å²) >= 11 is 1.76. The zero-order valence-electron chi connectivity index (χ0n) is 11.7. The van der Waals surface area contributed by atoms with Gasteiger partial charge >= 0.3 is 0 Å². The van der Waals surface area contributed by atoms with Crippen molar-refractivity contribution in [3.8, 4) is 0 Å². The van der Waals surface area contributed by atoms with Crippen molar-refractivity contribution in [3.63, 3.8) is 0 Å². The van der Waals surface area contributed by atoms with E-state index in [1.165, 1.54) is 15.6 Å². The Morgan fingerprint density at radius 2 is 2.24 bits per heavy atom. The molecule has 0 radical (unpaired) electrons. The standard InChI is InChI=1S/C16H17N3OS/c20-16(6-9-19-10-8-17-12-19)18-7-5-13-11-21-15-4-2-1-3-14(13)15/h1-4,8,10-12H,5-7,9H2,(H,18,20). The number of amides is 1. The number of rotatable bonds is 6. The number of nitrogens with zero attached hydrogens (tertiary/aromatic N) is 2. The van der Waals surface area contributed by atoms with Gasteiger partial charge in [-0.2, -0.15) is 0 Å². The molecule has 0 spiro atoms. The molecule has 108 valence electrons. The van der Waals surface area contributed by atoms with Crippen molar-refractivity contribution < 1.29 is 4.79 Å².